The molecule has 0 aliphatic rings. The molecule has 0 amide bonds. The number of halogens is 1. The number of nitrogens with zero attached hydrogens (tertiary/aromatic N) is 3. The van der Waals surface area contributed by atoms with Crippen LogP contribution in [0.1, 0.15) is 0 Å². The summed E-state index contributed by atoms with van der Waals surface area (Å²) < 4.78 is 9.36. The van der Waals surface area contributed by atoms with E-state index in [-0.39, 0.29) is 18.4 Å². The topological polar surface area (TPSA) is 86.5 Å². The predicted molar refractivity (Wildman–Crippen MR) is 65.2 cm³/mol. The highest BCUT2D eigenvalue weighted by Gasteiger charge is 2.15. The summed E-state index contributed by atoms with van der Waals surface area (Å²) in [7, 11) is 1.24. The van der Waals surface area contributed by atoms with Crippen LogP contribution in [-0.4, -0.2) is 39.8 Å². The van der Waals surface area contributed by atoms with Crippen molar-refractivity contribution >= 4 is 17.6 Å². The van der Waals surface area contributed by atoms with Crippen LogP contribution in [0.15, 0.2) is 24.3 Å². The third kappa shape index (κ3) is 2.94. The zero-order valence-electron chi connectivity index (χ0n) is 9.91. The van der Waals surface area contributed by atoms with E-state index in [4.69, 9.17) is 16.3 Å². The van der Waals surface area contributed by atoms with Gasteiger partial charge < -0.3 is 14.7 Å². The van der Waals surface area contributed by atoms with Crippen LogP contribution in [0.5, 0.6) is 6.01 Å². The van der Waals surface area contributed by atoms with Gasteiger partial charge in [0, 0.05) is 5.56 Å². The van der Waals surface area contributed by atoms with Gasteiger partial charge in [-0.3, -0.25) is 0 Å². The molecule has 0 atom stereocenters. The van der Waals surface area contributed by atoms with Crippen LogP contribution in [-0.2, 0) is 9.53 Å². The molecule has 0 aliphatic carbocycles. The van der Waals surface area contributed by atoms with Crippen molar-refractivity contribution in [2.75, 3.05) is 13.7 Å². The Morgan fingerprint density at radius 1 is 1.47 bits per heavy atom. The fraction of sp³-hybridized carbons (Fsp3) is 0.182. The first kappa shape index (κ1) is 13.2. The van der Waals surface area contributed by atoms with Crippen LogP contribution in [0.3, 0.4) is 0 Å². The Kier molecular flexibility index (Phi) is 3.86. The molecule has 1 heterocycles. The fourth-order valence-electron chi connectivity index (χ4n) is 1.34. The molecule has 2 rings (SSSR count). The van der Waals surface area contributed by atoms with Gasteiger partial charge in [0.15, 0.2) is 6.61 Å². The first-order valence-electron chi connectivity index (χ1n) is 5.22. The van der Waals surface area contributed by atoms with Gasteiger partial charge >= 0.3 is 12.0 Å². The van der Waals surface area contributed by atoms with Crippen molar-refractivity contribution in [3.05, 3.63) is 29.3 Å². The van der Waals surface area contributed by atoms with Crippen molar-refractivity contribution in [2.24, 2.45) is 0 Å². The van der Waals surface area contributed by atoms with Gasteiger partial charge in [0.2, 0.25) is 5.82 Å². The standard InChI is InChI=1S/C11H10ClN3O4/c1-18-9(16)6-19-11-13-10(15(17)14-11)7-4-2-3-5-8(7)12/h2-5,17H,6H2,1H3. The molecule has 0 unspecified atom stereocenters. The highest BCUT2D eigenvalue weighted by Crippen LogP contribution is 2.26. The van der Waals surface area contributed by atoms with Crippen molar-refractivity contribution in [3.8, 4) is 17.4 Å². The summed E-state index contributed by atoms with van der Waals surface area (Å²) in [5, 5.41) is 13.6. The van der Waals surface area contributed by atoms with Gasteiger partial charge in [-0.1, -0.05) is 33.7 Å². The van der Waals surface area contributed by atoms with Crippen LogP contribution >= 0.6 is 11.6 Å². The molecule has 0 aliphatic heterocycles. The number of carbonyl (C=O) groups is 1. The van der Waals surface area contributed by atoms with E-state index in [2.05, 4.69) is 14.8 Å². The summed E-state index contributed by atoms with van der Waals surface area (Å²) in [4.78, 5) is 15.4. The number of hydrogen-bond acceptors (Lipinski definition) is 6. The second kappa shape index (κ2) is 5.57. The Morgan fingerprint density at radius 2 is 2.21 bits per heavy atom. The predicted octanol–water partition coefficient (Wildman–Crippen LogP) is 1.39. The van der Waals surface area contributed by atoms with Gasteiger partial charge in [-0.2, -0.15) is 4.98 Å². The minimum absolute atomic E-state index is 0.116. The summed E-state index contributed by atoms with van der Waals surface area (Å²) in [5.74, 6) is -0.459. The van der Waals surface area contributed by atoms with Gasteiger partial charge in [-0.25, -0.2) is 4.79 Å². The molecule has 0 saturated carbocycles. The molecule has 0 spiro atoms. The first-order chi connectivity index (χ1) is 9.11. The molecule has 0 saturated heterocycles. The Bertz CT molecular complexity index is 599. The molecule has 0 bridgehead atoms. The molecule has 8 heteroatoms. The Morgan fingerprint density at radius 3 is 2.89 bits per heavy atom. The third-order valence-corrected chi connectivity index (χ3v) is 2.56. The molecule has 1 aromatic carbocycles. The summed E-state index contributed by atoms with van der Waals surface area (Å²) in [6, 6.07) is 6.66. The van der Waals surface area contributed by atoms with E-state index < -0.39 is 5.97 Å². The number of hydrogen-bond donors (Lipinski definition) is 1. The molecule has 1 aromatic heterocycles. The SMILES string of the molecule is COC(=O)COc1nc(-c2ccccc2Cl)n(O)n1. The lowest BCUT2D eigenvalue weighted by atomic mass is 10.2. The average Bonchev–Trinajstić information content (AvgIpc) is 2.77. The first-order valence-corrected chi connectivity index (χ1v) is 5.60. The molecule has 7 nitrogen and oxygen atoms in total. The molecule has 100 valence electrons. The molecular weight excluding hydrogens is 274 g/mol. The van der Waals surface area contributed by atoms with E-state index in [0.717, 1.165) is 0 Å². The van der Waals surface area contributed by atoms with Crippen molar-refractivity contribution in [1.29, 1.82) is 0 Å². The van der Waals surface area contributed by atoms with Crippen molar-refractivity contribution in [2.45, 2.75) is 0 Å². The summed E-state index contributed by atoms with van der Waals surface area (Å²) in [6.45, 7) is -0.345. The Balaban J connectivity index is 2.22. The summed E-state index contributed by atoms with van der Waals surface area (Å²) >= 11 is 5.98. The molecule has 19 heavy (non-hydrogen) atoms. The zero-order chi connectivity index (χ0) is 13.8. The summed E-state index contributed by atoms with van der Waals surface area (Å²) in [5.41, 5.74) is 0.493. The molecule has 0 radical (unpaired) electrons. The number of carbonyl (C=O) groups excluding carboxylic acids is 1. The highest BCUT2D eigenvalue weighted by molar-refractivity contribution is 6.33. The average molecular weight is 284 g/mol. The molecule has 0 fully saturated rings. The van der Waals surface area contributed by atoms with Crippen LogP contribution in [0.2, 0.25) is 5.02 Å². The zero-order valence-corrected chi connectivity index (χ0v) is 10.7. The number of rotatable bonds is 4. The molecule has 1 N–H and O–H groups in total. The van der Waals surface area contributed by atoms with E-state index in [1.807, 2.05) is 0 Å². The van der Waals surface area contributed by atoms with Gasteiger partial charge in [0.1, 0.15) is 0 Å². The number of aromatic nitrogens is 3. The Labute approximate surface area is 113 Å². The summed E-state index contributed by atoms with van der Waals surface area (Å²) in [6.07, 6.45) is 0. The normalized spacial score (nSPS) is 10.2. The van der Waals surface area contributed by atoms with Crippen molar-refractivity contribution in [1.82, 2.24) is 14.9 Å². The lowest BCUT2D eigenvalue weighted by molar-refractivity contribution is -0.143. The quantitative estimate of drug-likeness (QED) is 0.674. The highest BCUT2D eigenvalue weighted by atomic mass is 35.5. The molecule has 2 aromatic rings. The van der Waals surface area contributed by atoms with Crippen LogP contribution in [0, 0.1) is 0 Å². The smallest absolute Gasteiger partial charge is 0.344 e. The fourth-order valence-corrected chi connectivity index (χ4v) is 1.56. The van der Waals surface area contributed by atoms with Crippen LogP contribution in [0.25, 0.3) is 11.4 Å². The second-order valence-corrected chi connectivity index (χ2v) is 3.86. The van der Waals surface area contributed by atoms with Crippen LogP contribution < -0.4 is 4.74 Å². The lowest BCUT2D eigenvalue weighted by Crippen LogP contribution is -2.13. The van der Waals surface area contributed by atoms with E-state index in [9.17, 15) is 10.0 Å². The minimum Gasteiger partial charge on any atom is -0.466 e. The van der Waals surface area contributed by atoms with E-state index in [1.165, 1.54) is 7.11 Å². The van der Waals surface area contributed by atoms with Gasteiger partial charge in [-0.05, 0) is 12.1 Å². The minimum atomic E-state index is -0.575. The maximum atomic E-state index is 10.9. The van der Waals surface area contributed by atoms with E-state index >= 15 is 0 Å². The maximum absolute atomic E-state index is 10.9. The monoisotopic (exact) mass is 283 g/mol. The van der Waals surface area contributed by atoms with E-state index in [1.54, 1.807) is 24.3 Å². The van der Waals surface area contributed by atoms with Crippen molar-refractivity contribution < 1.29 is 19.5 Å². The number of benzene rings is 1. The Hall–Kier alpha value is -2.28. The van der Waals surface area contributed by atoms with Gasteiger partial charge in [0.05, 0.1) is 12.1 Å². The van der Waals surface area contributed by atoms with Gasteiger partial charge in [-0.15, -0.1) is 0 Å². The third-order valence-electron chi connectivity index (χ3n) is 2.23. The molecular formula is C11H10ClN3O4. The second-order valence-electron chi connectivity index (χ2n) is 3.45. The van der Waals surface area contributed by atoms with Crippen molar-refractivity contribution in [3.63, 3.8) is 0 Å². The maximum Gasteiger partial charge on any atom is 0.344 e. The van der Waals surface area contributed by atoms with Gasteiger partial charge in [0.25, 0.3) is 0 Å². The van der Waals surface area contributed by atoms with Crippen LogP contribution in [0.4, 0.5) is 0 Å². The van der Waals surface area contributed by atoms with E-state index in [0.29, 0.717) is 15.4 Å². The largest absolute Gasteiger partial charge is 0.466 e. The number of esters is 1. The number of ether oxygens (including phenoxy) is 2. The lowest BCUT2D eigenvalue weighted by Gasteiger charge is -2.00. The number of methoxy groups -OCH3 is 1.